The quantitative estimate of drug-likeness (QED) is 0.550. The molecule has 0 bridgehead atoms. The van der Waals surface area contributed by atoms with Gasteiger partial charge in [0.15, 0.2) is 11.5 Å². The lowest BCUT2D eigenvalue weighted by atomic mass is 10.2. The highest BCUT2D eigenvalue weighted by molar-refractivity contribution is 8.00. The minimum atomic E-state index is -3.82. The molecule has 144 valence electrons. The molecule has 2 heterocycles. The Morgan fingerprint density at radius 3 is 2.52 bits per heavy atom. The number of H-pyrrole nitrogens is 1. The molecule has 1 N–H and O–H groups in total. The fourth-order valence-electron chi connectivity index (χ4n) is 3.22. The van der Waals surface area contributed by atoms with E-state index in [1.54, 1.807) is 54.6 Å². The molecule has 6 nitrogen and oxygen atoms in total. The zero-order valence-corrected chi connectivity index (χ0v) is 16.0. The molecule has 1 aromatic heterocycles. The van der Waals surface area contributed by atoms with Crippen LogP contribution in [0.4, 0.5) is 0 Å². The maximum Gasteiger partial charge on any atom is 0.231 e. The molecule has 0 radical (unpaired) electrons. The van der Waals surface area contributed by atoms with Crippen molar-refractivity contribution in [3.8, 4) is 11.5 Å². The van der Waals surface area contributed by atoms with Crippen molar-refractivity contribution >= 4 is 31.9 Å². The number of fused-ring (bicyclic) bond motifs is 2. The Labute approximate surface area is 167 Å². The summed E-state index contributed by atoms with van der Waals surface area (Å²) in [5.74, 6) is 1.51. The van der Waals surface area contributed by atoms with Gasteiger partial charge in [-0.2, -0.15) is 0 Å². The molecule has 0 unspecified atom stereocenters. The number of aromatic nitrogens is 2. The highest BCUT2D eigenvalue weighted by atomic mass is 32.2. The van der Waals surface area contributed by atoms with Crippen LogP contribution < -0.4 is 9.47 Å². The van der Waals surface area contributed by atoms with Gasteiger partial charge in [0.25, 0.3) is 0 Å². The first-order valence-electron chi connectivity index (χ1n) is 8.98. The molecule has 5 rings (SSSR count). The first-order valence-corrected chi connectivity index (χ1v) is 10.5. The summed E-state index contributed by atoms with van der Waals surface area (Å²) in [7, 11) is -3.82. The van der Waals surface area contributed by atoms with Crippen LogP contribution in [-0.4, -0.2) is 25.2 Å². The molecule has 7 heteroatoms. The van der Waals surface area contributed by atoms with E-state index >= 15 is 0 Å². The van der Waals surface area contributed by atoms with Gasteiger partial charge in [-0.25, -0.2) is 13.4 Å². The third-order valence-corrected chi connectivity index (χ3v) is 6.44. The molecule has 29 heavy (non-hydrogen) atoms. The number of rotatable bonds is 4. The largest absolute Gasteiger partial charge is 0.454 e. The molecule has 1 aliphatic rings. The van der Waals surface area contributed by atoms with Crippen LogP contribution in [0, 0.1) is 0 Å². The van der Waals surface area contributed by atoms with E-state index in [1.165, 1.54) is 0 Å². The summed E-state index contributed by atoms with van der Waals surface area (Å²) in [5, 5.41) is 0. The van der Waals surface area contributed by atoms with Crippen LogP contribution in [0.15, 0.2) is 77.7 Å². The number of sulfone groups is 1. The van der Waals surface area contributed by atoms with Gasteiger partial charge in [0.05, 0.1) is 15.9 Å². The topological polar surface area (TPSA) is 81.3 Å². The molecular weight excluding hydrogens is 388 g/mol. The fraction of sp³-hybridized carbons (Fsp3) is 0.0455. The van der Waals surface area contributed by atoms with Gasteiger partial charge in [-0.3, -0.25) is 0 Å². The van der Waals surface area contributed by atoms with E-state index < -0.39 is 9.84 Å². The summed E-state index contributed by atoms with van der Waals surface area (Å²) in [4.78, 5) is 7.93. The Morgan fingerprint density at radius 1 is 0.931 bits per heavy atom. The summed E-state index contributed by atoms with van der Waals surface area (Å²) >= 11 is 0. The van der Waals surface area contributed by atoms with Crippen molar-refractivity contribution in [1.82, 2.24) is 9.97 Å². The van der Waals surface area contributed by atoms with E-state index in [1.807, 2.05) is 24.3 Å². The number of hydrogen-bond acceptors (Lipinski definition) is 5. The maximum atomic E-state index is 13.5. The van der Waals surface area contributed by atoms with E-state index in [0.29, 0.717) is 22.6 Å². The minimum Gasteiger partial charge on any atom is -0.454 e. The van der Waals surface area contributed by atoms with Crippen LogP contribution in [0.5, 0.6) is 11.5 Å². The molecule has 0 saturated carbocycles. The molecular formula is C22H16N2O4S. The zero-order valence-electron chi connectivity index (χ0n) is 15.2. The molecule has 0 spiro atoms. The number of nitrogens with one attached hydrogen (secondary N) is 1. The first-order chi connectivity index (χ1) is 14.1. The van der Waals surface area contributed by atoms with Crippen molar-refractivity contribution in [2.75, 3.05) is 6.79 Å². The van der Waals surface area contributed by atoms with Crippen molar-refractivity contribution in [2.24, 2.45) is 0 Å². The molecule has 0 saturated heterocycles. The van der Waals surface area contributed by atoms with Crippen molar-refractivity contribution in [3.05, 3.63) is 84.2 Å². The van der Waals surface area contributed by atoms with Crippen LogP contribution >= 0.6 is 0 Å². The second-order valence-electron chi connectivity index (χ2n) is 6.54. The lowest BCUT2D eigenvalue weighted by molar-refractivity contribution is 0.174. The predicted molar refractivity (Wildman–Crippen MR) is 110 cm³/mol. The number of aromatic amines is 1. The van der Waals surface area contributed by atoms with Crippen molar-refractivity contribution < 1.29 is 17.9 Å². The van der Waals surface area contributed by atoms with Gasteiger partial charge in [-0.1, -0.05) is 36.4 Å². The van der Waals surface area contributed by atoms with Gasteiger partial charge >= 0.3 is 0 Å². The minimum absolute atomic E-state index is 0.0822. The van der Waals surface area contributed by atoms with Gasteiger partial charge in [-0.15, -0.1) is 0 Å². The van der Waals surface area contributed by atoms with Crippen LogP contribution in [0.1, 0.15) is 11.4 Å². The highest BCUT2D eigenvalue weighted by Gasteiger charge is 2.25. The van der Waals surface area contributed by atoms with Gasteiger partial charge < -0.3 is 14.5 Å². The van der Waals surface area contributed by atoms with Gasteiger partial charge in [-0.05, 0) is 48.0 Å². The molecule has 1 aliphatic heterocycles. The third kappa shape index (κ3) is 3.15. The van der Waals surface area contributed by atoms with E-state index in [2.05, 4.69) is 9.97 Å². The standard InChI is InChI=1S/C22H16N2O4S/c25-29(26,16-6-2-1-3-7-16)21(22-23-17-8-4-5-9-18(17)24-22)13-15-10-11-19-20(12-15)28-14-27-19/h1-13H,14H2,(H,23,24). The van der Waals surface area contributed by atoms with Crippen LogP contribution in [0.2, 0.25) is 0 Å². The Balaban J connectivity index is 1.71. The average molecular weight is 404 g/mol. The summed E-state index contributed by atoms with van der Waals surface area (Å²) in [6.45, 7) is 0.154. The van der Waals surface area contributed by atoms with Gasteiger partial charge in [0.2, 0.25) is 16.6 Å². The maximum absolute atomic E-state index is 13.5. The summed E-state index contributed by atoms with van der Waals surface area (Å²) in [6.07, 6.45) is 1.60. The van der Waals surface area contributed by atoms with E-state index in [9.17, 15) is 8.42 Å². The number of hydrogen-bond donors (Lipinski definition) is 1. The number of para-hydroxylation sites is 2. The SMILES string of the molecule is O=S(=O)(C(=Cc1ccc2c(c1)OCO2)c1nc2ccccc2[nH]1)c1ccccc1. The summed E-state index contributed by atoms with van der Waals surface area (Å²) < 4.78 is 37.7. The highest BCUT2D eigenvalue weighted by Crippen LogP contribution is 2.35. The molecule has 0 aliphatic carbocycles. The predicted octanol–water partition coefficient (Wildman–Crippen LogP) is 4.26. The van der Waals surface area contributed by atoms with Crippen LogP contribution in [0.3, 0.4) is 0 Å². The Hall–Kier alpha value is -3.58. The lowest BCUT2D eigenvalue weighted by Crippen LogP contribution is -2.05. The normalized spacial score (nSPS) is 13.7. The second kappa shape index (κ2) is 6.79. The number of benzene rings is 3. The number of ether oxygens (including phenoxy) is 2. The Bertz CT molecular complexity index is 1310. The number of nitrogens with zero attached hydrogens (tertiary/aromatic N) is 1. The Morgan fingerprint density at radius 2 is 1.69 bits per heavy atom. The Kier molecular flexibility index (Phi) is 4.10. The van der Waals surface area contributed by atoms with Crippen molar-refractivity contribution in [1.29, 1.82) is 0 Å². The van der Waals surface area contributed by atoms with Crippen molar-refractivity contribution in [3.63, 3.8) is 0 Å². The molecule has 0 atom stereocenters. The van der Waals surface area contributed by atoms with E-state index in [0.717, 1.165) is 5.52 Å². The number of imidazole rings is 1. The molecule has 4 aromatic rings. The second-order valence-corrected chi connectivity index (χ2v) is 8.46. The fourth-order valence-corrected chi connectivity index (χ4v) is 4.64. The molecule has 0 amide bonds. The average Bonchev–Trinajstić information content (AvgIpc) is 3.38. The molecule has 0 fully saturated rings. The van der Waals surface area contributed by atoms with Crippen LogP contribution in [-0.2, 0) is 9.84 Å². The first kappa shape index (κ1) is 17.5. The monoisotopic (exact) mass is 404 g/mol. The molecule has 3 aromatic carbocycles. The lowest BCUT2D eigenvalue weighted by Gasteiger charge is -2.08. The zero-order chi connectivity index (χ0) is 19.8. The van der Waals surface area contributed by atoms with E-state index in [4.69, 9.17) is 9.47 Å². The van der Waals surface area contributed by atoms with Gasteiger partial charge in [0.1, 0.15) is 10.7 Å². The van der Waals surface area contributed by atoms with E-state index in [-0.39, 0.29) is 22.4 Å². The van der Waals surface area contributed by atoms with Crippen molar-refractivity contribution in [2.45, 2.75) is 4.90 Å². The summed E-state index contributed by atoms with van der Waals surface area (Å²) in [5.41, 5.74) is 2.13. The van der Waals surface area contributed by atoms with Crippen LogP contribution in [0.25, 0.3) is 22.0 Å². The third-order valence-electron chi connectivity index (χ3n) is 4.66. The summed E-state index contributed by atoms with van der Waals surface area (Å²) in [6, 6.07) is 21.1. The van der Waals surface area contributed by atoms with Gasteiger partial charge in [0, 0.05) is 0 Å². The smallest absolute Gasteiger partial charge is 0.231 e.